The molecule has 3 heterocycles. The van der Waals surface area contributed by atoms with Gasteiger partial charge in [0.05, 0.1) is 7.11 Å². The molecular formula is C21H18N4O6. The van der Waals surface area contributed by atoms with Crippen molar-refractivity contribution >= 4 is 11.9 Å². The number of amides is 3. The second-order valence-corrected chi connectivity index (χ2v) is 7.26. The molecule has 1 N–H and O–H groups in total. The zero-order valence-electron chi connectivity index (χ0n) is 16.7. The van der Waals surface area contributed by atoms with E-state index in [-0.39, 0.29) is 19.2 Å². The maximum absolute atomic E-state index is 13.2. The van der Waals surface area contributed by atoms with Gasteiger partial charge >= 0.3 is 6.03 Å². The Hall–Kier alpha value is -4.08. The molecule has 0 saturated carbocycles. The number of hydrogen-bond acceptors (Lipinski definition) is 8. The standard InChI is InChI=1S/C21H18N4O6/c1-21(13-6-7-15-16(9-13)30-11-29-15)19(26)25(20(27)23-21)10-17-22-18(24-31-17)12-4-3-5-14(8-12)28-2/h3-9H,10-11H2,1-2H3,(H,23,27). The predicted molar refractivity (Wildman–Crippen MR) is 105 cm³/mol. The molecule has 1 saturated heterocycles. The van der Waals surface area contributed by atoms with Gasteiger partial charge in [-0.15, -0.1) is 0 Å². The molecule has 0 bridgehead atoms. The number of benzene rings is 2. The average Bonchev–Trinajstić information content (AvgIpc) is 3.49. The summed E-state index contributed by atoms with van der Waals surface area (Å²) in [5.41, 5.74) is 0.0187. The van der Waals surface area contributed by atoms with Gasteiger partial charge in [-0.25, -0.2) is 4.79 Å². The first kappa shape index (κ1) is 18.9. The lowest BCUT2D eigenvalue weighted by Gasteiger charge is -2.22. The maximum Gasteiger partial charge on any atom is 0.325 e. The number of aromatic nitrogens is 2. The third-order valence-corrected chi connectivity index (χ3v) is 5.31. The van der Waals surface area contributed by atoms with E-state index in [1.54, 1.807) is 50.4 Å². The first-order chi connectivity index (χ1) is 15.0. The van der Waals surface area contributed by atoms with Crippen molar-refractivity contribution in [3.63, 3.8) is 0 Å². The predicted octanol–water partition coefficient (Wildman–Crippen LogP) is 2.44. The van der Waals surface area contributed by atoms with Crippen LogP contribution < -0.4 is 19.5 Å². The second-order valence-electron chi connectivity index (χ2n) is 7.26. The van der Waals surface area contributed by atoms with E-state index in [9.17, 15) is 9.59 Å². The van der Waals surface area contributed by atoms with Crippen molar-refractivity contribution in [2.24, 2.45) is 0 Å². The van der Waals surface area contributed by atoms with Gasteiger partial charge < -0.3 is 24.1 Å². The van der Waals surface area contributed by atoms with Gasteiger partial charge in [-0.1, -0.05) is 23.4 Å². The minimum atomic E-state index is -1.26. The summed E-state index contributed by atoms with van der Waals surface area (Å²) in [7, 11) is 1.56. The van der Waals surface area contributed by atoms with Gasteiger partial charge in [-0.3, -0.25) is 9.69 Å². The van der Waals surface area contributed by atoms with E-state index in [2.05, 4.69) is 15.5 Å². The molecule has 10 nitrogen and oxygen atoms in total. The monoisotopic (exact) mass is 422 g/mol. The fourth-order valence-electron chi connectivity index (χ4n) is 3.58. The van der Waals surface area contributed by atoms with Crippen LogP contribution in [0.15, 0.2) is 47.0 Å². The summed E-state index contributed by atoms with van der Waals surface area (Å²) in [5, 5.41) is 6.69. The molecule has 158 valence electrons. The van der Waals surface area contributed by atoms with Crippen LogP contribution in [0.5, 0.6) is 17.2 Å². The molecule has 3 amide bonds. The number of hydrogen-bond donors (Lipinski definition) is 1. The van der Waals surface area contributed by atoms with E-state index in [0.717, 1.165) is 4.90 Å². The van der Waals surface area contributed by atoms with Crippen LogP contribution in [0.3, 0.4) is 0 Å². The highest BCUT2D eigenvalue weighted by Crippen LogP contribution is 2.38. The van der Waals surface area contributed by atoms with Gasteiger partial charge in [0.25, 0.3) is 5.91 Å². The van der Waals surface area contributed by atoms with Crippen LogP contribution in [0.1, 0.15) is 18.4 Å². The Kier molecular flexibility index (Phi) is 4.28. The minimum Gasteiger partial charge on any atom is -0.497 e. The summed E-state index contributed by atoms with van der Waals surface area (Å²) in [5.74, 6) is 1.81. The summed E-state index contributed by atoms with van der Waals surface area (Å²) < 4.78 is 21.2. The van der Waals surface area contributed by atoms with Gasteiger partial charge in [0, 0.05) is 5.56 Å². The van der Waals surface area contributed by atoms with Crippen LogP contribution in [0.2, 0.25) is 0 Å². The summed E-state index contributed by atoms with van der Waals surface area (Å²) in [6.45, 7) is 1.61. The highest BCUT2D eigenvalue weighted by atomic mass is 16.7. The quantitative estimate of drug-likeness (QED) is 0.624. The molecule has 2 aliphatic rings. The van der Waals surface area contributed by atoms with E-state index >= 15 is 0 Å². The molecule has 1 aromatic heterocycles. The number of rotatable bonds is 5. The van der Waals surface area contributed by atoms with Gasteiger partial charge in [0.2, 0.25) is 18.5 Å². The van der Waals surface area contributed by atoms with E-state index < -0.39 is 17.5 Å². The lowest BCUT2D eigenvalue weighted by molar-refractivity contribution is -0.131. The zero-order valence-corrected chi connectivity index (χ0v) is 16.7. The Balaban J connectivity index is 1.38. The molecule has 2 aromatic carbocycles. The third kappa shape index (κ3) is 3.12. The molecule has 0 aliphatic carbocycles. The van der Waals surface area contributed by atoms with Gasteiger partial charge in [0.1, 0.15) is 17.8 Å². The Bertz CT molecular complexity index is 1190. The molecule has 0 radical (unpaired) electrons. The number of urea groups is 1. The number of ether oxygens (including phenoxy) is 3. The molecule has 3 aromatic rings. The molecule has 10 heteroatoms. The molecule has 1 unspecified atom stereocenters. The Morgan fingerprint density at radius 3 is 2.84 bits per heavy atom. The van der Waals surface area contributed by atoms with Gasteiger partial charge in [-0.05, 0) is 36.8 Å². The fraction of sp³-hybridized carbons (Fsp3) is 0.238. The Morgan fingerprint density at radius 2 is 2.00 bits per heavy atom. The van der Waals surface area contributed by atoms with Crippen molar-refractivity contribution in [2.75, 3.05) is 13.9 Å². The maximum atomic E-state index is 13.2. The molecule has 1 atom stereocenters. The molecule has 5 rings (SSSR count). The summed E-state index contributed by atoms with van der Waals surface area (Å²) in [4.78, 5) is 31.1. The van der Waals surface area contributed by atoms with Crippen LogP contribution in [-0.2, 0) is 16.9 Å². The Labute approximate surface area is 176 Å². The first-order valence-corrected chi connectivity index (χ1v) is 9.49. The van der Waals surface area contributed by atoms with Crippen LogP contribution in [0.4, 0.5) is 4.79 Å². The van der Waals surface area contributed by atoms with Crippen LogP contribution >= 0.6 is 0 Å². The normalized spacial score (nSPS) is 19.6. The number of nitrogens with zero attached hydrogens (tertiary/aromatic N) is 3. The van der Waals surface area contributed by atoms with Crippen molar-refractivity contribution in [1.82, 2.24) is 20.4 Å². The molecule has 2 aliphatic heterocycles. The van der Waals surface area contributed by atoms with E-state index in [1.807, 2.05) is 6.07 Å². The van der Waals surface area contributed by atoms with Crippen LogP contribution in [-0.4, -0.2) is 40.9 Å². The largest absolute Gasteiger partial charge is 0.497 e. The third-order valence-electron chi connectivity index (χ3n) is 5.31. The van der Waals surface area contributed by atoms with Gasteiger partial charge in [-0.2, -0.15) is 4.98 Å². The van der Waals surface area contributed by atoms with Crippen molar-refractivity contribution in [3.05, 3.63) is 53.9 Å². The van der Waals surface area contributed by atoms with Gasteiger partial charge in [0.15, 0.2) is 11.5 Å². The number of fused-ring (bicyclic) bond motifs is 1. The molecule has 1 fully saturated rings. The number of imide groups is 1. The SMILES string of the molecule is COc1cccc(-c2noc(CN3C(=O)NC(C)(c4ccc5c(c4)OCO5)C3=O)n2)c1. The first-order valence-electron chi connectivity index (χ1n) is 9.49. The van der Waals surface area contributed by atoms with Crippen molar-refractivity contribution in [1.29, 1.82) is 0 Å². The summed E-state index contributed by atoms with van der Waals surface area (Å²) in [6, 6.07) is 11.8. The topological polar surface area (TPSA) is 116 Å². The summed E-state index contributed by atoms with van der Waals surface area (Å²) in [6.07, 6.45) is 0. The van der Waals surface area contributed by atoms with Crippen molar-refractivity contribution in [2.45, 2.75) is 19.0 Å². The Morgan fingerprint density at radius 1 is 1.16 bits per heavy atom. The molecule has 31 heavy (non-hydrogen) atoms. The number of methoxy groups -OCH3 is 1. The van der Waals surface area contributed by atoms with E-state index in [0.29, 0.717) is 34.2 Å². The van der Waals surface area contributed by atoms with Crippen molar-refractivity contribution < 1.29 is 28.3 Å². The number of carbonyl (C=O) groups is 2. The molecular weight excluding hydrogens is 404 g/mol. The zero-order chi connectivity index (χ0) is 21.6. The van der Waals surface area contributed by atoms with Crippen LogP contribution in [0, 0.1) is 0 Å². The minimum absolute atomic E-state index is 0.120. The molecule has 0 spiro atoms. The highest BCUT2D eigenvalue weighted by molar-refractivity contribution is 6.07. The average molecular weight is 422 g/mol. The summed E-state index contributed by atoms with van der Waals surface area (Å²) >= 11 is 0. The second kappa shape index (κ2) is 7.01. The lowest BCUT2D eigenvalue weighted by Crippen LogP contribution is -2.40. The van der Waals surface area contributed by atoms with Crippen molar-refractivity contribution in [3.8, 4) is 28.6 Å². The highest BCUT2D eigenvalue weighted by Gasteiger charge is 2.49. The lowest BCUT2D eigenvalue weighted by atomic mass is 9.91. The van der Waals surface area contributed by atoms with Crippen LogP contribution in [0.25, 0.3) is 11.4 Å². The smallest absolute Gasteiger partial charge is 0.325 e. The van der Waals surface area contributed by atoms with E-state index in [4.69, 9.17) is 18.7 Å². The number of carbonyl (C=O) groups excluding carboxylic acids is 2. The van der Waals surface area contributed by atoms with E-state index in [1.165, 1.54) is 0 Å². The fourth-order valence-corrected chi connectivity index (χ4v) is 3.58. The number of nitrogens with one attached hydrogen (secondary N) is 1.